The molecule has 0 atom stereocenters. The van der Waals surface area contributed by atoms with Gasteiger partial charge in [0.1, 0.15) is 12.4 Å². The molecule has 2 aromatic rings. The van der Waals surface area contributed by atoms with E-state index >= 15 is 0 Å². The van der Waals surface area contributed by atoms with Crippen LogP contribution < -0.4 is 4.74 Å². The molecule has 2 nitrogen and oxygen atoms in total. The predicted molar refractivity (Wildman–Crippen MR) is 84.3 cm³/mol. The molecule has 0 fully saturated rings. The molecule has 2 aromatic carbocycles. The third kappa shape index (κ3) is 3.70. The Balaban J connectivity index is 2.12. The topological polar surface area (TPSA) is 26.3 Å². The molecule has 3 heteroatoms. The number of ether oxygens (including phenoxy) is 1. The monoisotopic (exact) mass is 332 g/mol. The summed E-state index contributed by atoms with van der Waals surface area (Å²) in [5.74, 6) is 0.628. The minimum Gasteiger partial charge on any atom is -0.488 e. The molecular formula is C17H17BrO2. The lowest BCUT2D eigenvalue weighted by molar-refractivity contribution is 0.101. The van der Waals surface area contributed by atoms with Crippen molar-refractivity contribution in [2.24, 2.45) is 0 Å². The van der Waals surface area contributed by atoms with Crippen molar-refractivity contribution in [2.75, 3.05) is 0 Å². The van der Waals surface area contributed by atoms with Crippen LogP contribution in [0, 0.1) is 0 Å². The second-order valence-electron chi connectivity index (χ2n) is 4.66. The van der Waals surface area contributed by atoms with Crippen molar-refractivity contribution in [3.05, 3.63) is 63.6 Å². The van der Waals surface area contributed by atoms with Crippen LogP contribution in [0.1, 0.15) is 35.3 Å². The molecule has 0 saturated carbocycles. The lowest BCUT2D eigenvalue weighted by Crippen LogP contribution is -2.01. The third-order valence-electron chi connectivity index (χ3n) is 3.15. The number of ketones is 1. The molecule has 0 unspecified atom stereocenters. The highest BCUT2D eigenvalue weighted by atomic mass is 79.9. The number of Topliss-reactive ketones (excluding diaryl/α,β-unsaturated/α-hetero) is 1. The van der Waals surface area contributed by atoms with Gasteiger partial charge in [0.05, 0.1) is 5.56 Å². The van der Waals surface area contributed by atoms with E-state index in [4.69, 9.17) is 4.74 Å². The lowest BCUT2D eigenvalue weighted by atomic mass is 10.1. The van der Waals surface area contributed by atoms with Gasteiger partial charge in [-0.3, -0.25) is 4.79 Å². The molecule has 0 spiro atoms. The molecule has 0 radical (unpaired) electrons. The normalized spacial score (nSPS) is 10.3. The average molecular weight is 333 g/mol. The molecule has 0 saturated heterocycles. The first-order chi connectivity index (χ1) is 9.60. The molecule has 0 aliphatic heterocycles. The van der Waals surface area contributed by atoms with E-state index in [2.05, 4.69) is 47.1 Å². The fraction of sp³-hybridized carbons (Fsp3) is 0.235. The summed E-state index contributed by atoms with van der Waals surface area (Å²) >= 11 is 3.37. The van der Waals surface area contributed by atoms with Crippen LogP contribution in [0.3, 0.4) is 0 Å². The number of hydrogen-bond donors (Lipinski definition) is 0. The first-order valence-electron chi connectivity index (χ1n) is 6.61. The first kappa shape index (κ1) is 14.8. The zero-order chi connectivity index (χ0) is 14.5. The van der Waals surface area contributed by atoms with Crippen molar-refractivity contribution in [1.82, 2.24) is 0 Å². The van der Waals surface area contributed by atoms with E-state index in [1.807, 2.05) is 12.1 Å². The number of rotatable bonds is 5. The van der Waals surface area contributed by atoms with E-state index in [0.717, 1.165) is 16.5 Å². The van der Waals surface area contributed by atoms with E-state index in [1.54, 1.807) is 13.0 Å². The number of halogens is 1. The summed E-state index contributed by atoms with van der Waals surface area (Å²) < 4.78 is 6.65. The number of aryl methyl sites for hydroxylation is 1. The summed E-state index contributed by atoms with van der Waals surface area (Å²) in [6, 6.07) is 13.8. The summed E-state index contributed by atoms with van der Waals surface area (Å²) in [5, 5.41) is 0. The Hall–Kier alpha value is -1.61. The fourth-order valence-corrected chi connectivity index (χ4v) is 2.30. The van der Waals surface area contributed by atoms with Crippen LogP contribution in [0.4, 0.5) is 0 Å². The molecule has 0 aliphatic rings. The van der Waals surface area contributed by atoms with Crippen LogP contribution in [0.2, 0.25) is 0 Å². The van der Waals surface area contributed by atoms with Crippen molar-refractivity contribution >= 4 is 21.7 Å². The van der Waals surface area contributed by atoms with Crippen molar-refractivity contribution in [1.29, 1.82) is 0 Å². The number of carbonyl (C=O) groups is 1. The molecule has 0 aromatic heterocycles. The van der Waals surface area contributed by atoms with Gasteiger partial charge in [0.2, 0.25) is 0 Å². The minimum absolute atomic E-state index is 0.00244. The highest BCUT2D eigenvalue weighted by Gasteiger charge is 2.09. The van der Waals surface area contributed by atoms with Gasteiger partial charge >= 0.3 is 0 Å². The van der Waals surface area contributed by atoms with Gasteiger partial charge in [-0.2, -0.15) is 0 Å². The molecule has 0 bridgehead atoms. The number of carbonyl (C=O) groups excluding carboxylic acids is 1. The summed E-state index contributed by atoms with van der Waals surface area (Å²) in [7, 11) is 0. The molecule has 104 valence electrons. The molecule has 0 aliphatic carbocycles. The Morgan fingerprint density at radius 1 is 1.10 bits per heavy atom. The van der Waals surface area contributed by atoms with Gasteiger partial charge in [-0.25, -0.2) is 0 Å². The second-order valence-corrected chi connectivity index (χ2v) is 5.57. The zero-order valence-electron chi connectivity index (χ0n) is 11.7. The molecule has 0 heterocycles. The number of benzene rings is 2. The van der Waals surface area contributed by atoms with Crippen molar-refractivity contribution in [3.8, 4) is 5.75 Å². The van der Waals surface area contributed by atoms with Gasteiger partial charge in [0.15, 0.2) is 5.78 Å². The summed E-state index contributed by atoms with van der Waals surface area (Å²) in [4.78, 5) is 11.6. The summed E-state index contributed by atoms with van der Waals surface area (Å²) in [6.07, 6.45) is 1.03. The Kier molecular flexibility index (Phi) is 4.96. The fourth-order valence-electron chi connectivity index (χ4n) is 1.94. The second kappa shape index (κ2) is 6.71. The van der Waals surface area contributed by atoms with E-state index in [1.165, 1.54) is 5.56 Å². The SMILES string of the molecule is CCc1ccc(COc2ccc(Br)cc2C(C)=O)cc1. The van der Waals surface area contributed by atoms with E-state index in [-0.39, 0.29) is 5.78 Å². The standard InChI is InChI=1S/C17H17BrO2/c1-3-13-4-6-14(7-5-13)11-20-17-9-8-15(18)10-16(17)12(2)19/h4-10H,3,11H2,1-2H3. The van der Waals surface area contributed by atoms with Crippen LogP contribution in [-0.2, 0) is 13.0 Å². The van der Waals surface area contributed by atoms with Gasteiger partial charge in [-0.1, -0.05) is 47.1 Å². The summed E-state index contributed by atoms with van der Waals surface area (Å²) in [6.45, 7) is 4.14. The van der Waals surface area contributed by atoms with Gasteiger partial charge in [0, 0.05) is 4.47 Å². The maximum atomic E-state index is 11.6. The highest BCUT2D eigenvalue weighted by Crippen LogP contribution is 2.24. The maximum absolute atomic E-state index is 11.6. The molecule has 0 amide bonds. The predicted octanol–water partition coefficient (Wildman–Crippen LogP) is 4.79. The van der Waals surface area contributed by atoms with Gasteiger partial charge in [-0.15, -0.1) is 0 Å². The minimum atomic E-state index is 0.00244. The van der Waals surface area contributed by atoms with Crippen LogP contribution in [0.25, 0.3) is 0 Å². The zero-order valence-corrected chi connectivity index (χ0v) is 13.2. The van der Waals surface area contributed by atoms with Crippen molar-refractivity contribution in [2.45, 2.75) is 26.9 Å². The van der Waals surface area contributed by atoms with Crippen LogP contribution in [0.5, 0.6) is 5.75 Å². The van der Waals surface area contributed by atoms with E-state index < -0.39 is 0 Å². The Bertz CT molecular complexity index is 603. The van der Waals surface area contributed by atoms with Crippen molar-refractivity contribution < 1.29 is 9.53 Å². The molecular weight excluding hydrogens is 316 g/mol. The van der Waals surface area contributed by atoms with Gasteiger partial charge in [-0.05, 0) is 42.7 Å². The van der Waals surface area contributed by atoms with Crippen LogP contribution >= 0.6 is 15.9 Å². The molecule has 20 heavy (non-hydrogen) atoms. The van der Waals surface area contributed by atoms with E-state index in [9.17, 15) is 4.79 Å². The maximum Gasteiger partial charge on any atom is 0.163 e. The Labute approximate surface area is 127 Å². The molecule has 0 N–H and O–H groups in total. The largest absolute Gasteiger partial charge is 0.488 e. The quantitative estimate of drug-likeness (QED) is 0.735. The number of hydrogen-bond acceptors (Lipinski definition) is 2. The molecule has 2 rings (SSSR count). The van der Waals surface area contributed by atoms with E-state index in [0.29, 0.717) is 17.9 Å². The van der Waals surface area contributed by atoms with Crippen LogP contribution in [0.15, 0.2) is 46.9 Å². The van der Waals surface area contributed by atoms with Crippen LogP contribution in [-0.4, -0.2) is 5.78 Å². The van der Waals surface area contributed by atoms with Gasteiger partial charge in [0.25, 0.3) is 0 Å². The van der Waals surface area contributed by atoms with Crippen molar-refractivity contribution in [3.63, 3.8) is 0 Å². The Morgan fingerprint density at radius 3 is 2.35 bits per heavy atom. The van der Waals surface area contributed by atoms with Gasteiger partial charge < -0.3 is 4.74 Å². The average Bonchev–Trinajstić information content (AvgIpc) is 2.46. The Morgan fingerprint density at radius 2 is 1.75 bits per heavy atom. The third-order valence-corrected chi connectivity index (χ3v) is 3.64. The summed E-state index contributed by atoms with van der Waals surface area (Å²) in [5.41, 5.74) is 3.01. The smallest absolute Gasteiger partial charge is 0.163 e. The highest BCUT2D eigenvalue weighted by molar-refractivity contribution is 9.10. The first-order valence-corrected chi connectivity index (χ1v) is 7.40. The lowest BCUT2D eigenvalue weighted by Gasteiger charge is -2.10.